The highest BCUT2D eigenvalue weighted by atomic mass is 32.2. The van der Waals surface area contributed by atoms with Gasteiger partial charge in [-0.2, -0.15) is 0 Å². The van der Waals surface area contributed by atoms with Crippen molar-refractivity contribution in [2.75, 3.05) is 32.2 Å². The number of anilines is 1. The van der Waals surface area contributed by atoms with E-state index in [1.54, 1.807) is 19.1 Å². The molecule has 2 aromatic heterocycles. The van der Waals surface area contributed by atoms with Crippen LogP contribution < -0.4 is 10.1 Å². The molecular formula is C22H24N4O7S2. The molecule has 1 aromatic carbocycles. The maximum absolute atomic E-state index is 13.1. The van der Waals surface area contributed by atoms with Gasteiger partial charge in [0, 0.05) is 18.2 Å². The van der Waals surface area contributed by atoms with Gasteiger partial charge in [-0.25, -0.2) is 18.4 Å². The molecule has 1 aliphatic heterocycles. The highest BCUT2D eigenvalue weighted by Gasteiger charge is 2.31. The molecule has 3 heterocycles. The predicted octanol–water partition coefficient (Wildman–Crippen LogP) is 2.00. The molecule has 0 aliphatic carbocycles. The number of fused-ring (bicyclic) bond motifs is 1. The average molecular weight is 521 g/mol. The number of methoxy groups -OCH3 is 1. The first-order valence-electron chi connectivity index (χ1n) is 10.7. The molecule has 0 radical (unpaired) electrons. The summed E-state index contributed by atoms with van der Waals surface area (Å²) in [6.07, 6.45) is -0.214. The first kappa shape index (κ1) is 25.0. The Labute approximate surface area is 205 Å². The molecule has 4 rings (SSSR count). The van der Waals surface area contributed by atoms with Crippen molar-refractivity contribution >= 4 is 48.3 Å². The van der Waals surface area contributed by atoms with Crippen molar-refractivity contribution in [3.8, 4) is 5.88 Å². The maximum Gasteiger partial charge on any atom is 0.280 e. The fraction of sp³-hybridized carbons (Fsp3) is 0.364. The molecule has 1 saturated heterocycles. The van der Waals surface area contributed by atoms with E-state index in [4.69, 9.17) is 14.3 Å². The van der Waals surface area contributed by atoms with E-state index < -0.39 is 27.1 Å². The number of aliphatic hydroxyl groups excluding tert-OH is 1. The number of carbonyl (C=O) groups excluding carboxylic acids is 1. The minimum atomic E-state index is -3.56. The number of hydrogen-bond acceptors (Lipinski definition) is 11. The van der Waals surface area contributed by atoms with Crippen LogP contribution in [0.4, 0.5) is 5.13 Å². The maximum atomic E-state index is 13.1. The number of ether oxygens (including phenoxy) is 2. The third kappa shape index (κ3) is 5.59. The summed E-state index contributed by atoms with van der Waals surface area (Å²) < 4.78 is 35.9. The number of aliphatic hydroxyl groups is 1. The quantitative estimate of drug-likeness (QED) is 0.319. The summed E-state index contributed by atoms with van der Waals surface area (Å²) >= 11 is 1.16. The van der Waals surface area contributed by atoms with Crippen LogP contribution in [0.3, 0.4) is 0 Å². The molecule has 2 atom stereocenters. The lowest BCUT2D eigenvalue weighted by molar-refractivity contribution is -0.110. The fourth-order valence-corrected chi connectivity index (χ4v) is 5.68. The highest BCUT2D eigenvalue weighted by molar-refractivity contribution is 7.92. The minimum Gasteiger partial charge on any atom is -0.481 e. The summed E-state index contributed by atoms with van der Waals surface area (Å²) in [7, 11) is -2.05. The van der Waals surface area contributed by atoms with E-state index in [-0.39, 0.29) is 29.0 Å². The third-order valence-electron chi connectivity index (χ3n) is 5.24. The standard InChI is InChI=1S/C22H24N4O7S2/c1-13(11-27)33-26-19(14-3-5-15(6-4-14)35(29,30)16-9-10-32-12-16)20(28)25-22-23-17-7-8-18(31-2)24-21(17)34-22/h3-8,13,16,27H,9-12H2,1-2H3,(H,23,25,28)/b26-19+/t13-,16+/m1/s1. The molecule has 186 valence electrons. The lowest BCUT2D eigenvalue weighted by atomic mass is 10.1. The number of sulfone groups is 1. The van der Waals surface area contributed by atoms with Crippen molar-refractivity contribution in [1.29, 1.82) is 0 Å². The zero-order chi connectivity index (χ0) is 25.0. The van der Waals surface area contributed by atoms with Crippen LogP contribution in [0.5, 0.6) is 5.88 Å². The zero-order valence-electron chi connectivity index (χ0n) is 19.0. The van der Waals surface area contributed by atoms with Crippen LogP contribution in [0.25, 0.3) is 10.3 Å². The number of hydrogen-bond donors (Lipinski definition) is 2. The smallest absolute Gasteiger partial charge is 0.280 e. The Kier molecular flexibility index (Phi) is 7.60. The first-order valence-corrected chi connectivity index (χ1v) is 13.1. The molecule has 11 nitrogen and oxygen atoms in total. The largest absolute Gasteiger partial charge is 0.481 e. The van der Waals surface area contributed by atoms with Gasteiger partial charge in [0.15, 0.2) is 20.7 Å². The summed E-state index contributed by atoms with van der Waals surface area (Å²) in [5, 5.41) is 15.5. The van der Waals surface area contributed by atoms with Crippen molar-refractivity contribution in [3.63, 3.8) is 0 Å². The number of oxime groups is 1. The lowest BCUT2D eigenvalue weighted by Gasteiger charge is -2.12. The van der Waals surface area contributed by atoms with Gasteiger partial charge >= 0.3 is 0 Å². The number of nitrogens with one attached hydrogen (secondary N) is 1. The van der Waals surface area contributed by atoms with E-state index in [2.05, 4.69) is 20.4 Å². The van der Waals surface area contributed by atoms with E-state index in [0.29, 0.717) is 34.8 Å². The van der Waals surface area contributed by atoms with Gasteiger partial charge in [0.2, 0.25) is 5.88 Å². The number of aromatic nitrogens is 2. The van der Waals surface area contributed by atoms with E-state index in [1.807, 2.05) is 0 Å². The van der Waals surface area contributed by atoms with E-state index in [9.17, 15) is 18.3 Å². The molecule has 0 spiro atoms. The number of carbonyl (C=O) groups is 1. The second-order valence-corrected chi connectivity index (χ2v) is 11.0. The van der Waals surface area contributed by atoms with Crippen LogP contribution in [0.1, 0.15) is 18.9 Å². The zero-order valence-corrected chi connectivity index (χ0v) is 20.6. The van der Waals surface area contributed by atoms with Gasteiger partial charge in [0.25, 0.3) is 5.91 Å². The topological polar surface area (TPSA) is 149 Å². The normalized spacial score (nSPS) is 17.3. The number of rotatable bonds is 9. The monoisotopic (exact) mass is 520 g/mol. The SMILES string of the molecule is COc1ccc2nc(NC(=O)/C(=N/O[C@H](C)CO)c3ccc(S(=O)(=O)[C@H]4CCOC4)cc3)sc2n1. The van der Waals surface area contributed by atoms with Gasteiger partial charge in [0.05, 0.1) is 30.5 Å². The number of amides is 1. The molecule has 1 amide bonds. The lowest BCUT2D eigenvalue weighted by Crippen LogP contribution is -2.25. The molecule has 3 aromatic rings. The Bertz CT molecular complexity index is 1330. The summed E-state index contributed by atoms with van der Waals surface area (Å²) in [6, 6.07) is 9.21. The number of benzene rings is 1. The summed E-state index contributed by atoms with van der Waals surface area (Å²) in [4.78, 5) is 27.7. The Morgan fingerprint density at radius 1 is 1.29 bits per heavy atom. The molecular weight excluding hydrogens is 496 g/mol. The highest BCUT2D eigenvalue weighted by Crippen LogP contribution is 2.27. The predicted molar refractivity (Wildman–Crippen MR) is 130 cm³/mol. The number of nitrogens with zero attached hydrogens (tertiary/aromatic N) is 3. The van der Waals surface area contributed by atoms with E-state index in [0.717, 1.165) is 11.3 Å². The fourth-order valence-electron chi connectivity index (χ4n) is 3.28. The molecule has 0 bridgehead atoms. The number of thiazole rings is 1. The van der Waals surface area contributed by atoms with Crippen molar-refractivity contribution < 1.29 is 32.6 Å². The molecule has 0 saturated carbocycles. The summed E-state index contributed by atoms with van der Waals surface area (Å²) in [5.41, 5.74) is 0.804. The third-order valence-corrected chi connectivity index (χ3v) is 8.30. The molecule has 13 heteroatoms. The molecule has 35 heavy (non-hydrogen) atoms. The van der Waals surface area contributed by atoms with Crippen molar-refractivity contribution in [2.45, 2.75) is 29.6 Å². The van der Waals surface area contributed by atoms with Gasteiger partial charge in [-0.1, -0.05) is 28.6 Å². The Morgan fingerprint density at radius 3 is 2.71 bits per heavy atom. The first-order chi connectivity index (χ1) is 16.8. The Balaban J connectivity index is 1.60. The van der Waals surface area contributed by atoms with Crippen LogP contribution in [-0.2, 0) is 24.2 Å². The van der Waals surface area contributed by atoms with Crippen molar-refractivity contribution in [2.24, 2.45) is 5.16 Å². The van der Waals surface area contributed by atoms with Gasteiger partial charge < -0.3 is 19.4 Å². The Hall–Kier alpha value is -3.13. The van der Waals surface area contributed by atoms with Gasteiger partial charge in [-0.3, -0.25) is 10.1 Å². The van der Waals surface area contributed by atoms with Crippen LogP contribution in [0, 0.1) is 0 Å². The van der Waals surface area contributed by atoms with Crippen LogP contribution in [0.2, 0.25) is 0 Å². The van der Waals surface area contributed by atoms with E-state index in [1.165, 1.54) is 31.4 Å². The second-order valence-electron chi connectivity index (χ2n) is 7.74. The van der Waals surface area contributed by atoms with Crippen molar-refractivity contribution in [1.82, 2.24) is 9.97 Å². The minimum absolute atomic E-state index is 0.108. The van der Waals surface area contributed by atoms with Crippen molar-refractivity contribution in [3.05, 3.63) is 42.0 Å². The summed E-state index contributed by atoms with van der Waals surface area (Å²) in [5.74, 6) is -0.201. The van der Waals surface area contributed by atoms with Gasteiger partial charge in [-0.05, 0) is 31.5 Å². The molecule has 1 aliphatic rings. The van der Waals surface area contributed by atoms with Gasteiger partial charge in [0.1, 0.15) is 16.5 Å². The van der Waals surface area contributed by atoms with Crippen LogP contribution >= 0.6 is 11.3 Å². The summed E-state index contributed by atoms with van der Waals surface area (Å²) in [6.45, 7) is 1.86. The molecule has 2 N–H and O–H groups in total. The second kappa shape index (κ2) is 10.6. The van der Waals surface area contributed by atoms with Gasteiger partial charge in [-0.15, -0.1) is 0 Å². The molecule has 1 fully saturated rings. The van der Waals surface area contributed by atoms with Crippen LogP contribution in [0.15, 0.2) is 46.4 Å². The number of pyridine rings is 1. The molecule has 0 unspecified atom stereocenters. The van der Waals surface area contributed by atoms with Crippen LogP contribution in [-0.4, -0.2) is 73.4 Å². The van der Waals surface area contributed by atoms with E-state index >= 15 is 0 Å². The average Bonchev–Trinajstić information content (AvgIpc) is 3.54. The Morgan fingerprint density at radius 2 is 2.06 bits per heavy atom.